The first-order valence-corrected chi connectivity index (χ1v) is 3.34. The summed E-state index contributed by atoms with van der Waals surface area (Å²) < 4.78 is 0. The van der Waals surface area contributed by atoms with Crippen LogP contribution in [0.3, 0.4) is 0 Å². The van der Waals surface area contributed by atoms with Gasteiger partial charge in [-0.1, -0.05) is 18.2 Å². The second-order valence-corrected chi connectivity index (χ2v) is 2.10. The summed E-state index contributed by atoms with van der Waals surface area (Å²) in [5, 5.41) is 9.05. The second kappa shape index (κ2) is 4.86. The van der Waals surface area contributed by atoms with Gasteiger partial charge < -0.3 is 5.11 Å². The van der Waals surface area contributed by atoms with Crippen LogP contribution in [0.15, 0.2) is 36.1 Å². The van der Waals surface area contributed by atoms with E-state index in [0.29, 0.717) is 5.76 Å². The van der Waals surface area contributed by atoms with E-state index >= 15 is 0 Å². The average molecular weight is 138 g/mol. The molecular formula is C9H14O. The molecule has 1 heteroatoms. The third kappa shape index (κ3) is 3.13. The van der Waals surface area contributed by atoms with Crippen molar-refractivity contribution < 1.29 is 5.11 Å². The molecule has 10 heavy (non-hydrogen) atoms. The van der Waals surface area contributed by atoms with Gasteiger partial charge in [0.1, 0.15) is 0 Å². The van der Waals surface area contributed by atoms with Crippen molar-refractivity contribution in [1.29, 1.82) is 0 Å². The molecule has 1 N–H and O–H groups in total. The van der Waals surface area contributed by atoms with Crippen LogP contribution in [0.25, 0.3) is 0 Å². The number of aliphatic hydroxyl groups excluding tert-OH is 1. The molecule has 1 nitrogen and oxygen atoms in total. The van der Waals surface area contributed by atoms with Gasteiger partial charge in [0.15, 0.2) is 0 Å². The fraction of sp³-hybridized carbons (Fsp3) is 0.333. The van der Waals surface area contributed by atoms with E-state index < -0.39 is 0 Å². The summed E-state index contributed by atoms with van der Waals surface area (Å²) in [5.74, 6) is 0.373. The van der Waals surface area contributed by atoms with Crippen molar-refractivity contribution in [3.05, 3.63) is 36.1 Å². The molecule has 0 unspecified atom stereocenters. The zero-order valence-electron chi connectivity index (χ0n) is 6.59. The first-order valence-electron chi connectivity index (χ1n) is 3.34. The molecule has 0 aliphatic heterocycles. The van der Waals surface area contributed by atoms with Crippen molar-refractivity contribution in [2.75, 3.05) is 0 Å². The third-order valence-electron chi connectivity index (χ3n) is 1.20. The SMILES string of the molecule is C=CCC(/C=C\C)=C(/C)O. The maximum Gasteiger partial charge on any atom is 0.0926 e. The van der Waals surface area contributed by atoms with Gasteiger partial charge in [-0.3, -0.25) is 0 Å². The lowest BCUT2D eigenvalue weighted by Crippen LogP contribution is -1.81. The molecule has 0 atom stereocenters. The molecule has 0 spiro atoms. The smallest absolute Gasteiger partial charge is 0.0926 e. The standard InChI is InChI=1S/C9H14O/c1-4-6-9(7-5-2)8(3)10/h4-5,7,10H,1,6H2,2-3H3/b7-5-,9-8+. The molecule has 0 radical (unpaired) electrons. The topological polar surface area (TPSA) is 20.2 Å². The Morgan fingerprint density at radius 3 is 2.50 bits per heavy atom. The van der Waals surface area contributed by atoms with Crippen molar-refractivity contribution in [2.24, 2.45) is 0 Å². The molecular weight excluding hydrogens is 124 g/mol. The van der Waals surface area contributed by atoms with Crippen molar-refractivity contribution in [3.8, 4) is 0 Å². The van der Waals surface area contributed by atoms with E-state index in [2.05, 4.69) is 6.58 Å². The molecule has 0 fully saturated rings. The van der Waals surface area contributed by atoms with E-state index in [1.807, 2.05) is 19.1 Å². The molecule has 0 heterocycles. The summed E-state index contributed by atoms with van der Waals surface area (Å²) >= 11 is 0. The fourth-order valence-electron chi connectivity index (χ4n) is 0.693. The van der Waals surface area contributed by atoms with Gasteiger partial charge in [-0.15, -0.1) is 6.58 Å². The van der Waals surface area contributed by atoms with E-state index in [4.69, 9.17) is 5.11 Å². The molecule has 0 aliphatic carbocycles. The quantitative estimate of drug-likeness (QED) is 0.361. The Morgan fingerprint density at radius 1 is 1.60 bits per heavy atom. The molecule has 0 rings (SSSR count). The molecule has 0 saturated carbocycles. The van der Waals surface area contributed by atoms with Gasteiger partial charge >= 0.3 is 0 Å². The summed E-state index contributed by atoms with van der Waals surface area (Å²) in [6.45, 7) is 7.19. The van der Waals surface area contributed by atoms with Gasteiger partial charge in [0.25, 0.3) is 0 Å². The maximum atomic E-state index is 9.05. The van der Waals surface area contributed by atoms with Crippen LogP contribution in [0.2, 0.25) is 0 Å². The predicted molar refractivity (Wildman–Crippen MR) is 45.0 cm³/mol. The highest BCUT2D eigenvalue weighted by Gasteiger charge is 1.92. The lowest BCUT2D eigenvalue weighted by molar-refractivity contribution is 0.408. The largest absolute Gasteiger partial charge is 0.512 e. The number of allylic oxidation sites excluding steroid dienone is 5. The van der Waals surface area contributed by atoms with E-state index in [-0.39, 0.29) is 0 Å². The number of hydrogen-bond donors (Lipinski definition) is 1. The van der Waals surface area contributed by atoms with Crippen LogP contribution in [0.5, 0.6) is 0 Å². The molecule has 56 valence electrons. The van der Waals surface area contributed by atoms with Crippen LogP contribution in [0, 0.1) is 0 Å². The van der Waals surface area contributed by atoms with Gasteiger partial charge in [-0.25, -0.2) is 0 Å². The highest BCUT2D eigenvalue weighted by atomic mass is 16.3. The summed E-state index contributed by atoms with van der Waals surface area (Å²) in [4.78, 5) is 0. The molecule has 0 aromatic carbocycles. The fourth-order valence-corrected chi connectivity index (χ4v) is 0.693. The predicted octanol–water partition coefficient (Wildman–Crippen LogP) is 2.97. The van der Waals surface area contributed by atoms with Crippen LogP contribution in [-0.4, -0.2) is 5.11 Å². The van der Waals surface area contributed by atoms with Crippen LogP contribution in [0.4, 0.5) is 0 Å². The number of rotatable bonds is 3. The first kappa shape index (κ1) is 9.02. The Balaban J connectivity index is 4.26. The molecule has 0 amide bonds. The minimum atomic E-state index is 0.373. The molecule has 0 aromatic rings. The molecule has 0 aliphatic rings. The average Bonchev–Trinajstić information content (AvgIpc) is 1.87. The van der Waals surface area contributed by atoms with Gasteiger partial charge in [-0.05, 0) is 25.8 Å². The van der Waals surface area contributed by atoms with E-state index in [0.717, 1.165) is 12.0 Å². The van der Waals surface area contributed by atoms with E-state index in [1.54, 1.807) is 13.0 Å². The van der Waals surface area contributed by atoms with Gasteiger partial charge in [0.05, 0.1) is 5.76 Å². The normalized spacial score (nSPS) is 13.4. The summed E-state index contributed by atoms with van der Waals surface area (Å²) in [6, 6.07) is 0. The molecule has 0 aromatic heterocycles. The third-order valence-corrected chi connectivity index (χ3v) is 1.20. The lowest BCUT2D eigenvalue weighted by atomic mass is 10.1. The van der Waals surface area contributed by atoms with Gasteiger partial charge in [0.2, 0.25) is 0 Å². The molecule has 0 bridgehead atoms. The zero-order valence-corrected chi connectivity index (χ0v) is 6.59. The highest BCUT2D eigenvalue weighted by molar-refractivity contribution is 5.22. The van der Waals surface area contributed by atoms with Crippen LogP contribution in [-0.2, 0) is 0 Å². The Hall–Kier alpha value is -0.980. The van der Waals surface area contributed by atoms with Crippen molar-refractivity contribution in [2.45, 2.75) is 20.3 Å². The Morgan fingerprint density at radius 2 is 2.20 bits per heavy atom. The van der Waals surface area contributed by atoms with E-state index in [1.165, 1.54) is 0 Å². The monoisotopic (exact) mass is 138 g/mol. The van der Waals surface area contributed by atoms with Crippen molar-refractivity contribution in [1.82, 2.24) is 0 Å². The number of aliphatic hydroxyl groups is 1. The van der Waals surface area contributed by atoms with Gasteiger partial charge in [-0.2, -0.15) is 0 Å². The van der Waals surface area contributed by atoms with Crippen LogP contribution < -0.4 is 0 Å². The van der Waals surface area contributed by atoms with Crippen molar-refractivity contribution >= 4 is 0 Å². The highest BCUT2D eigenvalue weighted by Crippen LogP contribution is 2.07. The van der Waals surface area contributed by atoms with E-state index in [9.17, 15) is 0 Å². The lowest BCUT2D eigenvalue weighted by Gasteiger charge is -1.97. The summed E-state index contributed by atoms with van der Waals surface area (Å²) in [6.07, 6.45) is 6.29. The van der Waals surface area contributed by atoms with Crippen LogP contribution >= 0.6 is 0 Å². The van der Waals surface area contributed by atoms with Crippen molar-refractivity contribution in [3.63, 3.8) is 0 Å². The Bertz CT molecular complexity index is 160. The van der Waals surface area contributed by atoms with Crippen LogP contribution in [0.1, 0.15) is 20.3 Å². The maximum absolute atomic E-state index is 9.05. The first-order chi connectivity index (χ1) is 4.72. The minimum Gasteiger partial charge on any atom is -0.512 e. The minimum absolute atomic E-state index is 0.373. The summed E-state index contributed by atoms with van der Waals surface area (Å²) in [7, 11) is 0. The summed E-state index contributed by atoms with van der Waals surface area (Å²) in [5.41, 5.74) is 0.928. The molecule has 0 saturated heterocycles. The Kier molecular flexibility index (Phi) is 4.38. The second-order valence-electron chi connectivity index (χ2n) is 2.10. The van der Waals surface area contributed by atoms with Gasteiger partial charge in [0, 0.05) is 0 Å². The number of hydrogen-bond acceptors (Lipinski definition) is 1. The Labute approximate surface area is 62.4 Å². The zero-order chi connectivity index (χ0) is 7.98.